The maximum Gasteiger partial charge on any atom is 0.389 e. The van der Waals surface area contributed by atoms with Crippen molar-refractivity contribution in [1.82, 2.24) is 19.7 Å². The van der Waals surface area contributed by atoms with Crippen LogP contribution in [0.25, 0.3) is 5.69 Å². The van der Waals surface area contributed by atoms with Crippen molar-refractivity contribution >= 4 is 29.1 Å². The fourth-order valence-corrected chi connectivity index (χ4v) is 3.83. The zero-order valence-corrected chi connectivity index (χ0v) is 17.7. The Bertz CT molecular complexity index is 911. The summed E-state index contributed by atoms with van der Waals surface area (Å²) >= 11 is 6.30. The molecule has 1 aliphatic heterocycles. The SMILES string of the molecule is CCN(C(=O)C1CCN(C(=O)CCC(F)(F)F)CC1)c1cn(-c2cccnc2)nc1Cl. The molecule has 0 aliphatic carbocycles. The number of nitrogens with zero attached hydrogens (tertiary/aromatic N) is 5. The second kappa shape index (κ2) is 9.67. The number of rotatable bonds is 6. The predicted octanol–water partition coefficient (Wildman–Crippen LogP) is 3.85. The Labute approximate surface area is 182 Å². The summed E-state index contributed by atoms with van der Waals surface area (Å²) in [7, 11) is 0. The lowest BCUT2D eigenvalue weighted by Gasteiger charge is -2.34. The molecule has 2 amide bonds. The number of carbonyl (C=O) groups excluding carboxylic acids is 2. The van der Waals surface area contributed by atoms with E-state index in [1.807, 2.05) is 13.0 Å². The van der Waals surface area contributed by atoms with Crippen LogP contribution in [0.4, 0.5) is 18.9 Å². The van der Waals surface area contributed by atoms with E-state index in [-0.39, 0.29) is 30.1 Å². The molecule has 2 aromatic heterocycles. The zero-order chi connectivity index (χ0) is 22.6. The molecule has 3 rings (SSSR count). The van der Waals surface area contributed by atoms with Crippen molar-refractivity contribution < 1.29 is 22.8 Å². The highest BCUT2D eigenvalue weighted by Gasteiger charge is 2.33. The molecule has 0 aromatic carbocycles. The van der Waals surface area contributed by atoms with Gasteiger partial charge in [0.05, 0.1) is 24.5 Å². The van der Waals surface area contributed by atoms with Crippen LogP contribution in [0.3, 0.4) is 0 Å². The predicted molar refractivity (Wildman–Crippen MR) is 109 cm³/mol. The molecule has 11 heteroatoms. The van der Waals surface area contributed by atoms with Crippen LogP contribution < -0.4 is 4.90 Å². The van der Waals surface area contributed by atoms with Crippen molar-refractivity contribution in [2.24, 2.45) is 5.92 Å². The van der Waals surface area contributed by atoms with Gasteiger partial charge in [-0.3, -0.25) is 14.6 Å². The largest absolute Gasteiger partial charge is 0.389 e. The minimum Gasteiger partial charge on any atom is -0.343 e. The summed E-state index contributed by atoms with van der Waals surface area (Å²) in [5.74, 6) is -1.02. The molecule has 0 bridgehead atoms. The molecule has 2 aromatic rings. The van der Waals surface area contributed by atoms with E-state index in [0.717, 1.165) is 0 Å². The van der Waals surface area contributed by atoms with Crippen LogP contribution in [0.1, 0.15) is 32.6 Å². The van der Waals surface area contributed by atoms with Crippen molar-refractivity contribution in [3.63, 3.8) is 0 Å². The average Bonchev–Trinajstić information content (AvgIpc) is 3.14. The van der Waals surface area contributed by atoms with E-state index >= 15 is 0 Å². The Morgan fingerprint density at radius 1 is 1.29 bits per heavy atom. The molecule has 3 heterocycles. The lowest BCUT2D eigenvalue weighted by Crippen LogP contribution is -2.44. The van der Waals surface area contributed by atoms with Gasteiger partial charge in [-0.05, 0) is 31.9 Å². The molecule has 1 aliphatic rings. The van der Waals surface area contributed by atoms with Gasteiger partial charge in [0.15, 0.2) is 5.15 Å². The highest BCUT2D eigenvalue weighted by Crippen LogP contribution is 2.30. The van der Waals surface area contributed by atoms with Crippen molar-refractivity contribution in [3.05, 3.63) is 35.9 Å². The monoisotopic (exact) mass is 457 g/mol. The van der Waals surface area contributed by atoms with Crippen molar-refractivity contribution in [1.29, 1.82) is 0 Å². The van der Waals surface area contributed by atoms with Crippen LogP contribution in [0.5, 0.6) is 0 Å². The minimum absolute atomic E-state index is 0.141. The number of amides is 2. The molecule has 31 heavy (non-hydrogen) atoms. The first-order valence-corrected chi connectivity index (χ1v) is 10.4. The third-order valence-electron chi connectivity index (χ3n) is 5.25. The molecule has 0 spiro atoms. The maximum absolute atomic E-state index is 13.1. The van der Waals surface area contributed by atoms with E-state index in [1.165, 1.54) is 4.90 Å². The van der Waals surface area contributed by atoms with Gasteiger partial charge < -0.3 is 9.80 Å². The number of hydrogen-bond donors (Lipinski definition) is 0. The summed E-state index contributed by atoms with van der Waals surface area (Å²) < 4.78 is 38.6. The van der Waals surface area contributed by atoms with Gasteiger partial charge in [0, 0.05) is 38.2 Å². The third kappa shape index (κ3) is 5.75. The van der Waals surface area contributed by atoms with E-state index < -0.39 is 24.9 Å². The summed E-state index contributed by atoms with van der Waals surface area (Å²) in [6, 6.07) is 3.57. The standard InChI is InChI=1S/C20H23ClF3N5O2/c1-2-28(16-13-29(26-18(16)21)15-4-3-9-25-12-15)19(31)14-6-10-27(11-7-14)17(30)5-8-20(22,23)24/h3-4,9,12-14H,2,5-8,10-11H2,1H3. The third-order valence-corrected chi connectivity index (χ3v) is 5.52. The van der Waals surface area contributed by atoms with Gasteiger partial charge in [-0.1, -0.05) is 11.6 Å². The van der Waals surface area contributed by atoms with Crippen LogP contribution in [0.2, 0.25) is 5.15 Å². The van der Waals surface area contributed by atoms with E-state index in [9.17, 15) is 22.8 Å². The lowest BCUT2D eigenvalue weighted by molar-refractivity contribution is -0.150. The van der Waals surface area contributed by atoms with Crippen LogP contribution in [-0.2, 0) is 9.59 Å². The molecule has 0 saturated carbocycles. The summed E-state index contributed by atoms with van der Waals surface area (Å²) in [4.78, 5) is 32.1. The van der Waals surface area contributed by atoms with E-state index in [0.29, 0.717) is 30.8 Å². The fourth-order valence-electron chi connectivity index (χ4n) is 3.59. The van der Waals surface area contributed by atoms with Crippen molar-refractivity contribution in [3.8, 4) is 5.69 Å². The van der Waals surface area contributed by atoms with E-state index in [4.69, 9.17) is 11.6 Å². The summed E-state index contributed by atoms with van der Waals surface area (Å²) in [5.41, 5.74) is 1.17. The molecule has 0 N–H and O–H groups in total. The minimum atomic E-state index is -4.36. The second-order valence-electron chi connectivity index (χ2n) is 7.31. The van der Waals surface area contributed by atoms with Crippen molar-refractivity contribution in [2.45, 2.75) is 38.8 Å². The number of alkyl halides is 3. The zero-order valence-electron chi connectivity index (χ0n) is 17.0. The highest BCUT2D eigenvalue weighted by atomic mass is 35.5. The molecular formula is C20H23ClF3N5O2. The topological polar surface area (TPSA) is 71.3 Å². The number of aromatic nitrogens is 3. The van der Waals surface area contributed by atoms with E-state index in [2.05, 4.69) is 10.1 Å². The Balaban J connectivity index is 1.63. The van der Waals surface area contributed by atoms with Crippen LogP contribution in [0, 0.1) is 5.92 Å². The Morgan fingerprint density at radius 2 is 2.00 bits per heavy atom. The van der Waals surface area contributed by atoms with E-state index in [1.54, 1.807) is 34.2 Å². The molecule has 168 valence electrons. The fraction of sp³-hybridized carbons (Fsp3) is 0.500. The van der Waals surface area contributed by atoms with Gasteiger partial charge in [-0.15, -0.1) is 0 Å². The van der Waals surface area contributed by atoms with Crippen LogP contribution in [-0.4, -0.2) is 57.3 Å². The Hall–Kier alpha value is -2.62. The van der Waals surface area contributed by atoms with Crippen molar-refractivity contribution in [2.75, 3.05) is 24.5 Å². The molecule has 1 saturated heterocycles. The molecular weight excluding hydrogens is 435 g/mol. The number of pyridine rings is 1. The van der Waals surface area contributed by atoms with Gasteiger partial charge in [-0.25, -0.2) is 4.68 Å². The highest BCUT2D eigenvalue weighted by molar-refractivity contribution is 6.32. The van der Waals surface area contributed by atoms with Gasteiger partial charge >= 0.3 is 6.18 Å². The smallest absolute Gasteiger partial charge is 0.343 e. The van der Waals surface area contributed by atoms with Crippen LogP contribution >= 0.6 is 11.6 Å². The normalized spacial score (nSPS) is 15.2. The number of hydrogen-bond acceptors (Lipinski definition) is 4. The van der Waals surface area contributed by atoms with Gasteiger partial charge in [-0.2, -0.15) is 18.3 Å². The first kappa shape index (κ1) is 23.1. The van der Waals surface area contributed by atoms with Gasteiger partial charge in [0.2, 0.25) is 11.8 Å². The molecule has 1 fully saturated rings. The first-order valence-electron chi connectivity index (χ1n) is 10.0. The molecule has 0 atom stereocenters. The number of halogens is 4. The number of likely N-dealkylation sites (tertiary alicyclic amines) is 1. The Kier molecular flexibility index (Phi) is 7.19. The Morgan fingerprint density at radius 3 is 2.58 bits per heavy atom. The average molecular weight is 458 g/mol. The summed E-state index contributed by atoms with van der Waals surface area (Å²) in [6.07, 6.45) is -0.348. The number of anilines is 1. The second-order valence-corrected chi connectivity index (χ2v) is 7.67. The molecule has 0 radical (unpaired) electrons. The maximum atomic E-state index is 13.1. The summed E-state index contributed by atoms with van der Waals surface area (Å²) in [6.45, 7) is 2.72. The molecule has 7 nitrogen and oxygen atoms in total. The molecule has 0 unspecified atom stereocenters. The number of carbonyl (C=O) groups is 2. The van der Waals surface area contributed by atoms with Crippen LogP contribution in [0.15, 0.2) is 30.7 Å². The number of piperidine rings is 1. The summed E-state index contributed by atoms with van der Waals surface area (Å²) in [5, 5.41) is 4.44. The van der Waals surface area contributed by atoms with Gasteiger partial charge in [0.25, 0.3) is 0 Å². The quantitative estimate of drug-likeness (QED) is 0.660. The van der Waals surface area contributed by atoms with Gasteiger partial charge in [0.1, 0.15) is 5.69 Å². The first-order chi connectivity index (χ1) is 14.7. The lowest BCUT2D eigenvalue weighted by atomic mass is 9.94.